The van der Waals surface area contributed by atoms with Gasteiger partial charge >= 0.3 is 6.03 Å². The molecule has 1 aromatic carbocycles. The molecule has 0 aliphatic carbocycles. The third-order valence-corrected chi connectivity index (χ3v) is 4.18. The fraction of sp³-hybridized carbons (Fsp3) is 0.316. The number of pyridine rings is 1. The number of ether oxygens (including phenoxy) is 2. The molecule has 0 saturated heterocycles. The summed E-state index contributed by atoms with van der Waals surface area (Å²) in [6, 6.07) is 11.1. The van der Waals surface area contributed by atoms with Crippen LogP contribution in [0.25, 0.3) is 5.65 Å². The van der Waals surface area contributed by atoms with Gasteiger partial charge in [-0.05, 0) is 24.6 Å². The summed E-state index contributed by atoms with van der Waals surface area (Å²) in [4.78, 5) is 14.7. The van der Waals surface area contributed by atoms with Crippen LogP contribution in [0.15, 0.2) is 48.9 Å². The number of nitrogens with zero attached hydrogens (tertiary/aromatic N) is 4. The Balaban J connectivity index is 1.79. The van der Waals surface area contributed by atoms with Crippen molar-refractivity contribution in [3.63, 3.8) is 0 Å². The van der Waals surface area contributed by atoms with E-state index in [0.717, 1.165) is 17.7 Å². The molecule has 2 aromatic heterocycles. The van der Waals surface area contributed by atoms with Crippen LogP contribution in [0, 0.1) is 0 Å². The van der Waals surface area contributed by atoms with Crippen LogP contribution in [0.5, 0.6) is 5.75 Å². The van der Waals surface area contributed by atoms with Gasteiger partial charge < -0.3 is 19.7 Å². The quantitative estimate of drug-likeness (QED) is 0.618. The number of amides is 2. The molecule has 142 valence electrons. The van der Waals surface area contributed by atoms with E-state index >= 15 is 0 Å². The third-order valence-electron chi connectivity index (χ3n) is 4.18. The van der Waals surface area contributed by atoms with Gasteiger partial charge in [-0.2, -0.15) is 0 Å². The maximum absolute atomic E-state index is 13.0. The lowest BCUT2D eigenvalue weighted by Gasteiger charge is -2.24. The molecular formula is C19H23N5O3. The highest BCUT2D eigenvalue weighted by molar-refractivity contribution is 5.93. The summed E-state index contributed by atoms with van der Waals surface area (Å²) >= 11 is 0. The van der Waals surface area contributed by atoms with E-state index in [4.69, 9.17) is 9.47 Å². The van der Waals surface area contributed by atoms with Gasteiger partial charge in [0.25, 0.3) is 0 Å². The second-order valence-electron chi connectivity index (χ2n) is 5.99. The number of anilines is 1. The lowest BCUT2D eigenvalue weighted by molar-refractivity contribution is 0.171. The fourth-order valence-corrected chi connectivity index (χ4v) is 2.83. The average molecular weight is 369 g/mol. The highest BCUT2D eigenvalue weighted by Crippen LogP contribution is 2.21. The number of fused-ring (bicyclic) bond motifs is 1. The summed E-state index contributed by atoms with van der Waals surface area (Å²) in [6.45, 7) is 1.55. The van der Waals surface area contributed by atoms with Crippen molar-refractivity contribution in [1.82, 2.24) is 19.5 Å². The van der Waals surface area contributed by atoms with E-state index in [9.17, 15) is 4.79 Å². The topological polar surface area (TPSA) is 81.0 Å². The van der Waals surface area contributed by atoms with Gasteiger partial charge in [0.1, 0.15) is 12.1 Å². The molecule has 0 radical (unpaired) electrons. The van der Waals surface area contributed by atoms with Crippen molar-refractivity contribution in [2.75, 3.05) is 32.7 Å². The minimum atomic E-state index is -0.215. The Morgan fingerprint density at radius 3 is 2.89 bits per heavy atom. The molecule has 8 heteroatoms. The van der Waals surface area contributed by atoms with E-state index in [2.05, 4.69) is 15.5 Å². The second-order valence-corrected chi connectivity index (χ2v) is 5.99. The minimum Gasteiger partial charge on any atom is -0.496 e. The Morgan fingerprint density at radius 1 is 1.22 bits per heavy atom. The summed E-state index contributed by atoms with van der Waals surface area (Å²) < 4.78 is 12.3. The number of nitrogens with one attached hydrogen (secondary N) is 1. The normalized spacial score (nSPS) is 10.7. The van der Waals surface area contributed by atoms with Crippen LogP contribution in [-0.4, -0.2) is 52.9 Å². The Labute approximate surface area is 157 Å². The van der Waals surface area contributed by atoms with Crippen LogP contribution < -0.4 is 10.1 Å². The van der Waals surface area contributed by atoms with Crippen LogP contribution in [0.3, 0.4) is 0 Å². The number of benzene rings is 1. The first kappa shape index (κ1) is 18.7. The van der Waals surface area contributed by atoms with E-state index in [-0.39, 0.29) is 6.03 Å². The van der Waals surface area contributed by atoms with Gasteiger partial charge in [0.05, 0.1) is 19.3 Å². The molecular weight excluding hydrogens is 346 g/mol. The van der Waals surface area contributed by atoms with Crippen LogP contribution in [0.4, 0.5) is 10.5 Å². The zero-order valence-electron chi connectivity index (χ0n) is 15.5. The van der Waals surface area contributed by atoms with E-state index in [1.54, 1.807) is 35.9 Å². The Kier molecular flexibility index (Phi) is 6.22. The molecule has 1 N–H and O–H groups in total. The van der Waals surface area contributed by atoms with Gasteiger partial charge in [0, 0.05) is 32.0 Å². The highest BCUT2D eigenvalue weighted by Gasteiger charge is 2.17. The van der Waals surface area contributed by atoms with Gasteiger partial charge in [-0.1, -0.05) is 18.2 Å². The SMILES string of the molecule is COCCCN(Cc1ccccc1OC)C(=O)Nc1cccn2cnnc12. The van der Waals surface area contributed by atoms with Crippen molar-refractivity contribution in [3.05, 3.63) is 54.5 Å². The third kappa shape index (κ3) is 4.53. The summed E-state index contributed by atoms with van der Waals surface area (Å²) in [5, 5.41) is 10.9. The maximum atomic E-state index is 13.0. The Morgan fingerprint density at radius 2 is 2.07 bits per heavy atom. The number of hydrogen-bond donors (Lipinski definition) is 1. The Hall–Kier alpha value is -3.13. The van der Waals surface area contributed by atoms with E-state index in [1.165, 1.54) is 0 Å². The zero-order chi connectivity index (χ0) is 19.1. The van der Waals surface area contributed by atoms with Gasteiger partial charge in [-0.3, -0.25) is 4.40 Å². The van der Waals surface area contributed by atoms with Crippen LogP contribution in [0.2, 0.25) is 0 Å². The van der Waals surface area contributed by atoms with E-state index < -0.39 is 0 Å². The summed E-state index contributed by atoms with van der Waals surface area (Å²) in [6.07, 6.45) is 4.15. The van der Waals surface area contributed by atoms with Gasteiger partial charge in [0.15, 0.2) is 5.65 Å². The molecule has 27 heavy (non-hydrogen) atoms. The number of rotatable bonds is 8. The number of hydrogen-bond acceptors (Lipinski definition) is 5. The van der Waals surface area contributed by atoms with Crippen molar-refractivity contribution in [2.24, 2.45) is 0 Å². The fourth-order valence-electron chi connectivity index (χ4n) is 2.83. The van der Waals surface area contributed by atoms with Gasteiger partial charge in [-0.25, -0.2) is 4.79 Å². The number of urea groups is 1. The second kappa shape index (κ2) is 9.00. The first-order chi connectivity index (χ1) is 13.2. The molecule has 0 saturated carbocycles. The molecule has 3 rings (SSSR count). The predicted molar refractivity (Wildman–Crippen MR) is 102 cm³/mol. The number of aromatic nitrogens is 3. The average Bonchev–Trinajstić information content (AvgIpc) is 3.17. The molecule has 0 spiro atoms. The molecule has 0 aliphatic rings. The highest BCUT2D eigenvalue weighted by atomic mass is 16.5. The van der Waals surface area contributed by atoms with Crippen molar-refractivity contribution in [2.45, 2.75) is 13.0 Å². The number of carbonyl (C=O) groups is 1. The number of para-hydroxylation sites is 1. The molecule has 0 unspecified atom stereocenters. The summed E-state index contributed by atoms with van der Waals surface area (Å²) in [5.74, 6) is 0.751. The van der Waals surface area contributed by atoms with Crippen LogP contribution >= 0.6 is 0 Å². The van der Waals surface area contributed by atoms with Crippen molar-refractivity contribution in [1.29, 1.82) is 0 Å². The molecule has 0 fully saturated rings. The molecule has 8 nitrogen and oxygen atoms in total. The minimum absolute atomic E-state index is 0.215. The first-order valence-corrected chi connectivity index (χ1v) is 8.68. The summed E-state index contributed by atoms with van der Waals surface area (Å²) in [7, 11) is 3.27. The van der Waals surface area contributed by atoms with Crippen molar-refractivity contribution >= 4 is 17.4 Å². The molecule has 0 atom stereocenters. The first-order valence-electron chi connectivity index (χ1n) is 8.68. The van der Waals surface area contributed by atoms with Crippen LogP contribution in [0.1, 0.15) is 12.0 Å². The maximum Gasteiger partial charge on any atom is 0.322 e. The van der Waals surface area contributed by atoms with Crippen molar-refractivity contribution in [3.8, 4) is 5.75 Å². The standard InChI is InChI=1S/C19H23N5O3/c1-26-12-6-11-23(13-15-7-3-4-9-17(15)27-2)19(25)21-16-8-5-10-24-14-20-22-18(16)24/h3-5,7-10,14H,6,11-13H2,1-2H3,(H,21,25). The Bertz CT molecular complexity index is 896. The van der Waals surface area contributed by atoms with E-state index in [0.29, 0.717) is 31.0 Å². The van der Waals surface area contributed by atoms with Gasteiger partial charge in [0.2, 0.25) is 0 Å². The van der Waals surface area contributed by atoms with Crippen LogP contribution in [-0.2, 0) is 11.3 Å². The van der Waals surface area contributed by atoms with Gasteiger partial charge in [-0.15, -0.1) is 10.2 Å². The van der Waals surface area contributed by atoms with Crippen molar-refractivity contribution < 1.29 is 14.3 Å². The molecule has 0 bridgehead atoms. The lowest BCUT2D eigenvalue weighted by atomic mass is 10.2. The molecule has 2 heterocycles. The zero-order valence-corrected chi connectivity index (χ0v) is 15.5. The number of methoxy groups -OCH3 is 2. The molecule has 2 amide bonds. The van der Waals surface area contributed by atoms with E-state index in [1.807, 2.05) is 36.5 Å². The predicted octanol–water partition coefficient (Wildman–Crippen LogP) is 2.81. The number of carbonyl (C=O) groups excluding carboxylic acids is 1. The summed E-state index contributed by atoms with van der Waals surface area (Å²) in [5.41, 5.74) is 2.14. The monoisotopic (exact) mass is 369 g/mol. The smallest absolute Gasteiger partial charge is 0.322 e. The lowest BCUT2D eigenvalue weighted by Crippen LogP contribution is -2.36. The largest absolute Gasteiger partial charge is 0.496 e. The molecule has 0 aliphatic heterocycles. The molecule has 3 aromatic rings.